The van der Waals surface area contributed by atoms with Crippen LogP contribution >= 0.6 is 11.3 Å². The molecule has 0 spiro atoms. The van der Waals surface area contributed by atoms with Gasteiger partial charge in [0.15, 0.2) is 0 Å². The molecular weight excluding hydrogens is 427 g/mol. The fourth-order valence-corrected chi connectivity index (χ4v) is 4.40. The van der Waals surface area contributed by atoms with E-state index in [0.717, 1.165) is 11.6 Å². The van der Waals surface area contributed by atoms with Crippen molar-refractivity contribution >= 4 is 17.2 Å². The van der Waals surface area contributed by atoms with E-state index in [1.165, 1.54) is 11.3 Å². The Labute approximate surface area is 181 Å². The van der Waals surface area contributed by atoms with Crippen molar-refractivity contribution in [3.8, 4) is 10.6 Å². The Kier molecular flexibility index (Phi) is 6.08. The molecule has 1 atom stereocenters. The molecule has 1 aliphatic heterocycles. The van der Waals surface area contributed by atoms with E-state index in [1.807, 2.05) is 13.1 Å². The monoisotopic (exact) mass is 449 g/mol. The number of piperidine rings is 1. The van der Waals surface area contributed by atoms with Crippen LogP contribution in [0, 0.1) is 6.92 Å². The third-order valence-electron chi connectivity index (χ3n) is 5.26. The van der Waals surface area contributed by atoms with E-state index in [1.54, 1.807) is 33.3 Å². The summed E-state index contributed by atoms with van der Waals surface area (Å²) in [4.78, 5) is 23.4. The van der Waals surface area contributed by atoms with Crippen LogP contribution in [-0.2, 0) is 17.5 Å². The number of halogens is 3. The SMILES string of the molecule is Cc1cnn(CCC(=O)N2CCC[C@@H](c3nc(-c4cccs4)cc(C(F)(F)F)n3)C2)c1. The number of aromatic nitrogens is 4. The molecule has 0 unspecified atom stereocenters. The first-order valence-corrected chi connectivity index (χ1v) is 10.9. The third-order valence-corrected chi connectivity index (χ3v) is 6.16. The molecule has 0 aliphatic carbocycles. The number of rotatable bonds is 5. The smallest absolute Gasteiger partial charge is 0.342 e. The van der Waals surface area contributed by atoms with E-state index in [0.29, 0.717) is 37.4 Å². The fourth-order valence-electron chi connectivity index (χ4n) is 3.72. The van der Waals surface area contributed by atoms with Crippen molar-refractivity contribution in [2.24, 2.45) is 0 Å². The van der Waals surface area contributed by atoms with Crippen LogP contribution in [0.3, 0.4) is 0 Å². The lowest BCUT2D eigenvalue weighted by atomic mass is 9.96. The maximum absolute atomic E-state index is 13.5. The first-order chi connectivity index (χ1) is 14.8. The van der Waals surface area contributed by atoms with E-state index in [9.17, 15) is 18.0 Å². The zero-order chi connectivity index (χ0) is 22.0. The highest BCUT2D eigenvalue weighted by Crippen LogP contribution is 2.34. The molecule has 6 nitrogen and oxygen atoms in total. The van der Waals surface area contributed by atoms with Gasteiger partial charge in [0, 0.05) is 38.2 Å². The Morgan fingerprint density at radius 2 is 2.16 bits per heavy atom. The van der Waals surface area contributed by atoms with E-state index >= 15 is 0 Å². The van der Waals surface area contributed by atoms with Crippen molar-refractivity contribution in [1.82, 2.24) is 24.6 Å². The lowest BCUT2D eigenvalue weighted by molar-refractivity contribution is -0.141. The molecule has 3 aromatic heterocycles. The summed E-state index contributed by atoms with van der Waals surface area (Å²) in [5.74, 6) is -0.215. The van der Waals surface area contributed by atoms with Crippen molar-refractivity contribution in [3.63, 3.8) is 0 Å². The number of alkyl halides is 3. The summed E-state index contributed by atoms with van der Waals surface area (Å²) < 4.78 is 42.1. The van der Waals surface area contributed by atoms with Gasteiger partial charge in [-0.3, -0.25) is 9.48 Å². The average Bonchev–Trinajstić information content (AvgIpc) is 3.43. The van der Waals surface area contributed by atoms with Crippen LogP contribution in [0.4, 0.5) is 13.2 Å². The van der Waals surface area contributed by atoms with Gasteiger partial charge >= 0.3 is 6.18 Å². The van der Waals surface area contributed by atoms with Gasteiger partial charge in [0.2, 0.25) is 5.91 Å². The van der Waals surface area contributed by atoms with Crippen molar-refractivity contribution < 1.29 is 18.0 Å². The van der Waals surface area contributed by atoms with Crippen LogP contribution in [0.2, 0.25) is 0 Å². The summed E-state index contributed by atoms with van der Waals surface area (Å²) in [6.45, 7) is 3.31. The topological polar surface area (TPSA) is 63.9 Å². The predicted octanol–water partition coefficient (Wildman–Crippen LogP) is 4.53. The highest BCUT2D eigenvalue weighted by atomic mass is 32.1. The summed E-state index contributed by atoms with van der Waals surface area (Å²) in [6, 6.07) is 4.51. The molecular formula is C21H22F3N5OS. The second-order valence-electron chi connectivity index (χ2n) is 7.68. The number of aryl methyl sites for hydroxylation is 2. The number of hydrogen-bond donors (Lipinski definition) is 0. The Morgan fingerprint density at radius 3 is 2.84 bits per heavy atom. The second-order valence-corrected chi connectivity index (χ2v) is 8.63. The van der Waals surface area contributed by atoms with E-state index in [4.69, 9.17) is 0 Å². The van der Waals surface area contributed by atoms with E-state index < -0.39 is 11.9 Å². The Morgan fingerprint density at radius 1 is 1.32 bits per heavy atom. The molecule has 1 saturated heterocycles. The fraction of sp³-hybridized carbons (Fsp3) is 0.429. The van der Waals surface area contributed by atoms with Gasteiger partial charge < -0.3 is 4.90 Å². The molecule has 31 heavy (non-hydrogen) atoms. The predicted molar refractivity (Wildman–Crippen MR) is 110 cm³/mol. The summed E-state index contributed by atoms with van der Waals surface area (Å²) >= 11 is 1.33. The molecule has 3 aromatic rings. The van der Waals surface area contributed by atoms with Crippen LogP contribution in [-0.4, -0.2) is 43.6 Å². The Bertz CT molecular complexity index is 1050. The molecule has 164 valence electrons. The maximum Gasteiger partial charge on any atom is 0.433 e. The zero-order valence-electron chi connectivity index (χ0n) is 17.0. The van der Waals surface area contributed by atoms with Crippen molar-refractivity contribution in [3.05, 3.63) is 53.1 Å². The van der Waals surface area contributed by atoms with Gasteiger partial charge in [0.1, 0.15) is 11.5 Å². The highest BCUT2D eigenvalue weighted by Gasteiger charge is 2.35. The molecule has 0 saturated carbocycles. The van der Waals surface area contributed by atoms with Crippen molar-refractivity contribution in [2.45, 2.75) is 44.8 Å². The van der Waals surface area contributed by atoms with Gasteiger partial charge in [-0.05, 0) is 42.8 Å². The number of amides is 1. The Hall–Kier alpha value is -2.75. The lowest BCUT2D eigenvalue weighted by Crippen LogP contribution is -2.40. The molecule has 1 aliphatic rings. The van der Waals surface area contributed by atoms with Crippen molar-refractivity contribution in [1.29, 1.82) is 0 Å². The molecule has 0 aromatic carbocycles. The van der Waals surface area contributed by atoms with Crippen LogP contribution < -0.4 is 0 Å². The van der Waals surface area contributed by atoms with Gasteiger partial charge in [0.05, 0.1) is 16.8 Å². The summed E-state index contributed by atoms with van der Waals surface area (Å²) in [6.07, 6.45) is 0.679. The Balaban J connectivity index is 1.52. The van der Waals surface area contributed by atoms with Crippen molar-refractivity contribution in [2.75, 3.05) is 13.1 Å². The highest BCUT2D eigenvalue weighted by molar-refractivity contribution is 7.13. The first-order valence-electron chi connectivity index (χ1n) is 10.1. The number of likely N-dealkylation sites (tertiary alicyclic amines) is 1. The minimum atomic E-state index is -4.56. The van der Waals surface area contributed by atoms with Gasteiger partial charge in [-0.1, -0.05) is 6.07 Å². The number of hydrogen-bond acceptors (Lipinski definition) is 5. The molecule has 4 rings (SSSR count). The van der Waals surface area contributed by atoms with Gasteiger partial charge in [-0.15, -0.1) is 11.3 Å². The largest absolute Gasteiger partial charge is 0.433 e. The molecule has 1 fully saturated rings. The molecule has 10 heteroatoms. The second kappa shape index (κ2) is 8.78. The third kappa shape index (κ3) is 5.12. The minimum absolute atomic E-state index is 0.0386. The van der Waals surface area contributed by atoms with Crippen LogP contribution in [0.5, 0.6) is 0 Å². The van der Waals surface area contributed by atoms with Crippen LogP contribution in [0.25, 0.3) is 10.6 Å². The molecule has 4 heterocycles. The average molecular weight is 450 g/mol. The molecule has 0 bridgehead atoms. The lowest BCUT2D eigenvalue weighted by Gasteiger charge is -2.32. The zero-order valence-corrected chi connectivity index (χ0v) is 17.8. The van der Waals surface area contributed by atoms with Crippen LogP contribution in [0.1, 0.15) is 42.3 Å². The van der Waals surface area contributed by atoms with E-state index in [-0.39, 0.29) is 29.8 Å². The normalized spacial score (nSPS) is 17.2. The number of nitrogens with zero attached hydrogens (tertiary/aromatic N) is 5. The number of thiophene rings is 1. The molecule has 1 amide bonds. The van der Waals surface area contributed by atoms with Gasteiger partial charge in [-0.25, -0.2) is 9.97 Å². The van der Waals surface area contributed by atoms with Gasteiger partial charge in [-0.2, -0.15) is 18.3 Å². The minimum Gasteiger partial charge on any atom is -0.342 e. The molecule has 0 N–H and O–H groups in total. The summed E-state index contributed by atoms with van der Waals surface area (Å²) in [5.41, 5.74) is 0.344. The first kappa shape index (κ1) is 21.5. The van der Waals surface area contributed by atoms with Gasteiger partial charge in [0.25, 0.3) is 0 Å². The summed E-state index contributed by atoms with van der Waals surface area (Å²) in [5, 5.41) is 5.98. The van der Waals surface area contributed by atoms with E-state index in [2.05, 4.69) is 15.1 Å². The summed E-state index contributed by atoms with van der Waals surface area (Å²) in [7, 11) is 0. The number of carbonyl (C=O) groups excluding carboxylic acids is 1. The quantitative estimate of drug-likeness (QED) is 0.574. The molecule has 0 radical (unpaired) electrons. The standard InChI is InChI=1S/C21H22F3N5OS/c1-14-11-25-29(12-14)8-6-19(30)28-7-2-4-15(13-28)20-26-16(17-5-3-9-31-17)10-18(27-20)21(22,23)24/h3,5,9-12,15H,2,4,6-8,13H2,1H3/t15-/m1/s1. The number of carbonyl (C=O) groups is 1. The van der Waals surface area contributed by atoms with Crippen LogP contribution in [0.15, 0.2) is 36.0 Å². The maximum atomic E-state index is 13.5.